The van der Waals surface area contributed by atoms with E-state index >= 15 is 0 Å². The first-order valence-electron chi connectivity index (χ1n) is 7.62. The molecule has 0 aliphatic carbocycles. The molecule has 0 saturated heterocycles. The summed E-state index contributed by atoms with van der Waals surface area (Å²) in [7, 11) is 2.12. The molecule has 112 valence electrons. The highest BCUT2D eigenvalue weighted by Crippen LogP contribution is 2.17. The zero-order valence-corrected chi connectivity index (χ0v) is 13.0. The van der Waals surface area contributed by atoms with Crippen LogP contribution in [0.25, 0.3) is 0 Å². The maximum Gasteiger partial charge on any atom is 0.0802 e. The fraction of sp³-hybridized carbons (Fsp3) is 0.368. The van der Waals surface area contributed by atoms with E-state index in [1.165, 1.54) is 11.1 Å². The highest BCUT2D eigenvalue weighted by atomic mass is 16.3. The Hall–Kier alpha value is -1.64. The van der Waals surface area contributed by atoms with Gasteiger partial charge >= 0.3 is 0 Å². The summed E-state index contributed by atoms with van der Waals surface area (Å²) in [5, 5.41) is 10.2. The first kappa shape index (κ1) is 15.7. The van der Waals surface area contributed by atoms with E-state index in [9.17, 15) is 5.11 Å². The molecule has 2 aromatic carbocycles. The standard InChI is InChI=1S/C19H25NO/c1-16-8-10-18(11-9-16)19(21)13-15-20(2)14-12-17-6-4-3-5-7-17/h3-11,19,21H,12-15H2,1-2H3. The molecule has 0 heterocycles. The number of likely N-dealkylation sites (N-methyl/N-ethyl adjacent to an activating group) is 1. The van der Waals surface area contributed by atoms with Crippen LogP contribution in [-0.4, -0.2) is 30.1 Å². The number of aliphatic hydroxyl groups excluding tert-OH is 1. The van der Waals surface area contributed by atoms with Crippen LogP contribution in [0.2, 0.25) is 0 Å². The maximum atomic E-state index is 10.2. The van der Waals surface area contributed by atoms with Crippen LogP contribution in [0.5, 0.6) is 0 Å². The number of hydrogen-bond donors (Lipinski definition) is 1. The van der Waals surface area contributed by atoms with Gasteiger partial charge in [0.05, 0.1) is 6.10 Å². The molecule has 0 fully saturated rings. The van der Waals surface area contributed by atoms with Crippen molar-refractivity contribution in [1.82, 2.24) is 4.90 Å². The molecule has 0 spiro atoms. The number of benzene rings is 2. The Balaban J connectivity index is 1.73. The van der Waals surface area contributed by atoms with Crippen LogP contribution in [0.4, 0.5) is 0 Å². The molecule has 0 aliphatic rings. The predicted octanol–water partition coefficient (Wildman–Crippen LogP) is 3.59. The minimum Gasteiger partial charge on any atom is -0.388 e. The molecule has 2 heteroatoms. The topological polar surface area (TPSA) is 23.5 Å². The molecule has 2 nitrogen and oxygen atoms in total. The van der Waals surface area contributed by atoms with Gasteiger partial charge in [-0.25, -0.2) is 0 Å². The molecule has 1 atom stereocenters. The molecule has 2 rings (SSSR count). The Bertz CT molecular complexity index is 521. The van der Waals surface area contributed by atoms with Crippen molar-refractivity contribution in [2.45, 2.75) is 25.9 Å². The molecule has 0 aliphatic heterocycles. The van der Waals surface area contributed by atoms with Crippen molar-refractivity contribution >= 4 is 0 Å². The lowest BCUT2D eigenvalue weighted by Crippen LogP contribution is -2.23. The minimum atomic E-state index is -0.371. The molecule has 21 heavy (non-hydrogen) atoms. The van der Waals surface area contributed by atoms with Crippen molar-refractivity contribution < 1.29 is 5.11 Å². The monoisotopic (exact) mass is 283 g/mol. The third kappa shape index (κ3) is 5.33. The van der Waals surface area contributed by atoms with E-state index in [2.05, 4.69) is 55.3 Å². The molecule has 0 bridgehead atoms. The van der Waals surface area contributed by atoms with Crippen LogP contribution < -0.4 is 0 Å². The van der Waals surface area contributed by atoms with Crippen LogP contribution in [0, 0.1) is 6.92 Å². The first-order valence-corrected chi connectivity index (χ1v) is 7.62. The average molecular weight is 283 g/mol. The first-order chi connectivity index (χ1) is 10.1. The van der Waals surface area contributed by atoms with Gasteiger partial charge in [-0.15, -0.1) is 0 Å². The Morgan fingerprint density at radius 3 is 2.29 bits per heavy atom. The number of aliphatic hydroxyl groups is 1. The molecule has 1 unspecified atom stereocenters. The van der Waals surface area contributed by atoms with Crippen LogP contribution in [-0.2, 0) is 6.42 Å². The van der Waals surface area contributed by atoms with E-state index < -0.39 is 0 Å². The van der Waals surface area contributed by atoms with Crippen molar-refractivity contribution in [2.75, 3.05) is 20.1 Å². The second-order valence-corrected chi connectivity index (χ2v) is 5.75. The van der Waals surface area contributed by atoms with E-state index in [1.807, 2.05) is 18.2 Å². The second-order valence-electron chi connectivity index (χ2n) is 5.75. The fourth-order valence-electron chi connectivity index (χ4n) is 2.37. The van der Waals surface area contributed by atoms with Crippen molar-refractivity contribution in [1.29, 1.82) is 0 Å². The molecule has 0 amide bonds. The summed E-state index contributed by atoms with van der Waals surface area (Å²) < 4.78 is 0. The van der Waals surface area contributed by atoms with Gasteiger partial charge in [0, 0.05) is 13.1 Å². The fourth-order valence-corrected chi connectivity index (χ4v) is 2.37. The quantitative estimate of drug-likeness (QED) is 0.839. The summed E-state index contributed by atoms with van der Waals surface area (Å²) in [5.74, 6) is 0. The number of aryl methyl sites for hydroxylation is 1. The zero-order chi connectivity index (χ0) is 15.1. The van der Waals surface area contributed by atoms with E-state index in [0.29, 0.717) is 0 Å². The highest BCUT2D eigenvalue weighted by molar-refractivity contribution is 5.23. The summed E-state index contributed by atoms with van der Waals surface area (Å²) in [6.07, 6.45) is 1.46. The van der Waals surface area contributed by atoms with Gasteiger partial charge in [-0.1, -0.05) is 60.2 Å². The van der Waals surface area contributed by atoms with Crippen LogP contribution in [0.3, 0.4) is 0 Å². The maximum absolute atomic E-state index is 10.2. The Morgan fingerprint density at radius 2 is 1.62 bits per heavy atom. The van der Waals surface area contributed by atoms with Gasteiger partial charge in [0.25, 0.3) is 0 Å². The molecule has 0 saturated carbocycles. The zero-order valence-electron chi connectivity index (χ0n) is 13.0. The predicted molar refractivity (Wildman–Crippen MR) is 88.4 cm³/mol. The normalized spacial score (nSPS) is 12.6. The van der Waals surface area contributed by atoms with E-state index in [-0.39, 0.29) is 6.10 Å². The summed E-state index contributed by atoms with van der Waals surface area (Å²) in [4.78, 5) is 2.28. The summed E-state index contributed by atoms with van der Waals surface area (Å²) in [6.45, 7) is 3.99. The molecule has 1 N–H and O–H groups in total. The average Bonchev–Trinajstić information content (AvgIpc) is 2.52. The van der Waals surface area contributed by atoms with Crippen LogP contribution in [0.15, 0.2) is 54.6 Å². The van der Waals surface area contributed by atoms with E-state index in [0.717, 1.165) is 31.5 Å². The van der Waals surface area contributed by atoms with Crippen LogP contribution >= 0.6 is 0 Å². The largest absolute Gasteiger partial charge is 0.388 e. The van der Waals surface area contributed by atoms with Crippen molar-refractivity contribution in [3.8, 4) is 0 Å². The van der Waals surface area contributed by atoms with Crippen molar-refractivity contribution in [3.63, 3.8) is 0 Å². The van der Waals surface area contributed by atoms with Gasteiger partial charge < -0.3 is 10.0 Å². The van der Waals surface area contributed by atoms with Gasteiger partial charge in [0.1, 0.15) is 0 Å². The lowest BCUT2D eigenvalue weighted by atomic mass is 10.0. The molecule has 0 radical (unpaired) electrons. The minimum absolute atomic E-state index is 0.371. The van der Waals surface area contributed by atoms with Gasteiger partial charge in [0.15, 0.2) is 0 Å². The summed E-state index contributed by atoms with van der Waals surface area (Å²) in [6, 6.07) is 18.7. The lowest BCUT2D eigenvalue weighted by molar-refractivity contribution is 0.149. The van der Waals surface area contributed by atoms with Gasteiger partial charge in [-0.05, 0) is 37.9 Å². The number of rotatable bonds is 7. The Labute approximate surface area is 128 Å². The van der Waals surface area contributed by atoms with Crippen molar-refractivity contribution in [2.24, 2.45) is 0 Å². The third-order valence-electron chi connectivity index (χ3n) is 3.87. The third-order valence-corrected chi connectivity index (χ3v) is 3.87. The van der Waals surface area contributed by atoms with Gasteiger partial charge in [0.2, 0.25) is 0 Å². The Kier molecular flexibility index (Phi) is 5.97. The second kappa shape index (κ2) is 7.96. The molecular formula is C19H25NO. The Morgan fingerprint density at radius 1 is 0.952 bits per heavy atom. The molecule has 2 aromatic rings. The highest BCUT2D eigenvalue weighted by Gasteiger charge is 2.08. The summed E-state index contributed by atoms with van der Waals surface area (Å²) in [5.41, 5.74) is 3.60. The molecular weight excluding hydrogens is 258 g/mol. The summed E-state index contributed by atoms with van der Waals surface area (Å²) >= 11 is 0. The number of hydrogen-bond acceptors (Lipinski definition) is 2. The van der Waals surface area contributed by atoms with E-state index in [1.54, 1.807) is 0 Å². The number of nitrogens with zero attached hydrogens (tertiary/aromatic N) is 1. The van der Waals surface area contributed by atoms with E-state index in [4.69, 9.17) is 0 Å². The van der Waals surface area contributed by atoms with Gasteiger partial charge in [-0.3, -0.25) is 0 Å². The smallest absolute Gasteiger partial charge is 0.0802 e. The van der Waals surface area contributed by atoms with Gasteiger partial charge in [-0.2, -0.15) is 0 Å². The SMILES string of the molecule is Cc1ccc(C(O)CCN(C)CCc2ccccc2)cc1. The lowest BCUT2D eigenvalue weighted by Gasteiger charge is -2.19. The molecule has 0 aromatic heterocycles. The van der Waals surface area contributed by atoms with Crippen LogP contribution in [0.1, 0.15) is 29.2 Å². The van der Waals surface area contributed by atoms with Crippen molar-refractivity contribution in [3.05, 3.63) is 71.3 Å².